The SMILES string of the molecule is O=C(CSc1cccc2ccccc12)Nc1nc(-c2ccc(F)cc2)cs1. The Hall–Kier alpha value is -2.70. The van der Waals surface area contributed by atoms with Crippen molar-refractivity contribution in [3.05, 3.63) is 77.9 Å². The molecule has 0 aliphatic heterocycles. The second kappa shape index (κ2) is 7.90. The van der Waals surface area contributed by atoms with Crippen molar-refractivity contribution in [2.75, 3.05) is 11.1 Å². The average Bonchev–Trinajstić information content (AvgIpc) is 3.15. The van der Waals surface area contributed by atoms with Crippen LogP contribution in [0, 0.1) is 5.82 Å². The molecular formula is C21H15FN2OS2. The summed E-state index contributed by atoms with van der Waals surface area (Å²) in [6.45, 7) is 0. The first-order valence-corrected chi connectivity index (χ1v) is 10.2. The van der Waals surface area contributed by atoms with Gasteiger partial charge >= 0.3 is 0 Å². The minimum absolute atomic E-state index is 0.104. The van der Waals surface area contributed by atoms with Crippen molar-refractivity contribution in [3.8, 4) is 11.3 Å². The fourth-order valence-electron chi connectivity index (χ4n) is 2.70. The van der Waals surface area contributed by atoms with Crippen LogP contribution in [0.25, 0.3) is 22.0 Å². The van der Waals surface area contributed by atoms with Crippen LogP contribution < -0.4 is 5.32 Å². The third-order valence-corrected chi connectivity index (χ3v) is 5.83. The smallest absolute Gasteiger partial charge is 0.236 e. The predicted molar refractivity (Wildman–Crippen MR) is 111 cm³/mol. The van der Waals surface area contributed by atoms with E-state index >= 15 is 0 Å². The molecule has 4 aromatic rings. The van der Waals surface area contributed by atoms with Gasteiger partial charge in [-0.3, -0.25) is 4.79 Å². The molecule has 0 atom stereocenters. The number of carbonyl (C=O) groups excluding carboxylic acids is 1. The maximum atomic E-state index is 13.0. The van der Waals surface area contributed by atoms with Crippen molar-refractivity contribution >= 4 is 44.9 Å². The lowest BCUT2D eigenvalue weighted by molar-refractivity contribution is -0.113. The van der Waals surface area contributed by atoms with E-state index in [0.717, 1.165) is 26.9 Å². The van der Waals surface area contributed by atoms with Gasteiger partial charge in [0.25, 0.3) is 0 Å². The number of fused-ring (bicyclic) bond motifs is 1. The summed E-state index contributed by atoms with van der Waals surface area (Å²) >= 11 is 2.86. The molecule has 3 nitrogen and oxygen atoms in total. The van der Waals surface area contributed by atoms with Crippen molar-refractivity contribution in [2.45, 2.75) is 4.90 Å². The van der Waals surface area contributed by atoms with Gasteiger partial charge < -0.3 is 5.32 Å². The number of carbonyl (C=O) groups is 1. The van der Waals surface area contributed by atoms with Gasteiger partial charge in [0.1, 0.15) is 5.82 Å². The molecule has 4 rings (SSSR count). The number of rotatable bonds is 5. The molecule has 1 aromatic heterocycles. The third-order valence-electron chi connectivity index (χ3n) is 4.00. The Balaban J connectivity index is 1.40. The van der Waals surface area contributed by atoms with Gasteiger partial charge in [-0.25, -0.2) is 9.37 Å². The number of thioether (sulfide) groups is 1. The summed E-state index contributed by atoms with van der Waals surface area (Å²) in [7, 11) is 0. The summed E-state index contributed by atoms with van der Waals surface area (Å²) in [4.78, 5) is 17.8. The van der Waals surface area contributed by atoms with Gasteiger partial charge in [-0.2, -0.15) is 0 Å². The van der Waals surface area contributed by atoms with Crippen LogP contribution in [-0.4, -0.2) is 16.6 Å². The topological polar surface area (TPSA) is 42.0 Å². The largest absolute Gasteiger partial charge is 0.301 e. The maximum absolute atomic E-state index is 13.0. The summed E-state index contributed by atoms with van der Waals surface area (Å²) in [5.41, 5.74) is 1.54. The van der Waals surface area contributed by atoms with Crippen molar-refractivity contribution in [1.82, 2.24) is 4.98 Å². The average molecular weight is 394 g/mol. The Labute approximate surface area is 164 Å². The first-order valence-electron chi connectivity index (χ1n) is 8.31. The van der Waals surface area contributed by atoms with Crippen molar-refractivity contribution in [1.29, 1.82) is 0 Å². The molecule has 134 valence electrons. The van der Waals surface area contributed by atoms with Gasteiger partial charge in [0.05, 0.1) is 11.4 Å². The number of amides is 1. The lowest BCUT2D eigenvalue weighted by Crippen LogP contribution is -2.13. The lowest BCUT2D eigenvalue weighted by Gasteiger charge is -2.06. The monoisotopic (exact) mass is 394 g/mol. The predicted octanol–water partition coefficient (Wildman–Crippen LogP) is 5.83. The Morgan fingerprint density at radius 3 is 2.67 bits per heavy atom. The summed E-state index contributed by atoms with van der Waals surface area (Å²) < 4.78 is 13.0. The molecule has 0 bridgehead atoms. The molecule has 0 saturated carbocycles. The van der Waals surface area contributed by atoms with Gasteiger partial charge in [0.2, 0.25) is 5.91 Å². The fourth-order valence-corrected chi connectivity index (χ4v) is 4.32. The molecule has 0 aliphatic carbocycles. The highest BCUT2D eigenvalue weighted by atomic mass is 32.2. The minimum atomic E-state index is -0.284. The van der Waals surface area contributed by atoms with Crippen molar-refractivity contribution in [3.63, 3.8) is 0 Å². The fraction of sp³-hybridized carbons (Fsp3) is 0.0476. The quantitative estimate of drug-likeness (QED) is 0.433. The van der Waals surface area contributed by atoms with E-state index in [0.29, 0.717) is 10.9 Å². The molecule has 27 heavy (non-hydrogen) atoms. The second-order valence-corrected chi connectivity index (χ2v) is 7.73. The number of nitrogens with one attached hydrogen (secondary N) is 1. The Morgan fingerprint density at radius 1 is 1.04 bits per heavy atom. The van der Waals surface area contributed by atoms with E-state index in [1.165, 1.54) is 35.2 Å². The van der Waals surface area contributed by atoms with Crippen LogP contribution in [0.4, 0.5) is 9.52 Å². The first kappa shape index (κ1) is 17.7. The lowest BCUT2D eigenvalue weighted by atomic mass is 10.1. The van der Waals surface area contributed by atoms with Gasteiger partial charge in [-0.1, -0.05) is 36.4 Å². The highest BCUT2D eigenvalue weighted by molar-refractivity contribution is 8.00. The number of benzene rings is 3. The van der Waals surface area contributed by atoms with Gasteiger partial charge in [0, 0.05) is 15.8 Å². The van der Waals surface area contributed by atoms with Crippen LogP contribution in [-0.2, 0) is 4.79 Å². The Kier molecular flexibility index (Phi) is 5.18. The molecular weight excluding hydrogens is 379 g/mol. The summed E-state index contributed by atoms with van der Waals surface area (Å²) in [6.07, 6.45) is 0. The number of aromatic nitrogens is 1. The van der Waals surface area contributed by atoms with Gasteiger partial charge in [-0.15, -0.1) is 23.1 Å². The van der Waals surface area contributed by atoms with Crippen molar-refractivity contribution in [2.24, 2.45) is 0 Å². The van der Waals surface area contributed by atoms with E-state index in [-0.39, 0.29) is 11.7 Å². The van der Waals surface area contributed by atoms with Crippen LogP contribution in [0.15, 0.2) is 77.0 Å². The van der Waals surface area contributed by atoms with Crippen LogP contribution in [0.3, 0.4) is 0 Å². The number of halogens is 1. The van der Waals surface area contributed by atoms with Gasteiger partial charge in [-0.05, 0) is 41.1 Å². The number of anilines is 1. The minimum Gasteiger partial charge on any atom is -0.301 e. The normalized spacial score (nSPS) is 10.9. The number of nitrogens with zero attached hydrogens (tertiary/aromatic N) is 1. The molecule has 0 radical (unpaired) electrons. The standard InChI is InChI=1S/C21H15FN2OS2/c22-16-10-8-15(9-11-16)18-12-27-21(23-18)24-20(25)13-26-19-7-3-5-14-4-1-2-6-17(14)19/h1-12H,13H2,(H,23,24,25). The number of hydrogen-bond donors (Lipinski definition) is 1. The third kappa shape index (κ3) is 4.18. The zero-order valence-corrected chi connectivity index (χ0v) is 15.8. The zero-order chi connectivity index (χ0) is 18.6. The summed E-state index contributed by atoms with van der Waals surface area (Å²) in [5, 5.41) is 7.53. The molecule has 0 saturated heterocycles. The summed E-state index contributed by atoms with van der Waals surface area (Å²) in [6, 6.07) is 20.3. The molecule has 1 N–H and O–H groups in total. The molecule has 1 amide bonds. The molecule has 0 fully saturated rings. The molecule has 3 aromatic carbocycles. The van der Waals surface area contributed by atoms with Crippen LogP contribution in [0.2, 0.25) is 0 Å². The van der Waals surface area contributed by atoms with E-state index in [1.54, 1.807) is 12.1 Å². The summed E-state index contributed by atoms with van der Waals surface area (Å²) in [5.74, 6) is -0.0830. The van der Waals surface area contributed by atoms with Crippen molar-refractivity contribution < 1.29 is 9.18 Å². The molecule has 0 unspecified atom stereocenters. The van der Waals surface area contributed by atoms with Crippen LogP contribution >= 0.6 is 23.1 Å². The molecule has 1 heterocycles. The van der Waals surface area contributed by atoms with E-state index in [1.807, 2.05) is 29.6 Å². The molecule has 0 aliphatic rings. The van der Waals surface area contributed by atoms with E-state index < -0.39 is 0 Å². The maximum Gasteiger partial charge on any atom is 0.236 e. The molecule has 6 heteroatoms. The van der Waals surface area contributed by atoms with Gasteiger partial charge in [0.15, 0.2) is 5.13 Å². The zero-order valence-electron chi connectivity index (χ0n) is 14.2. The number of hydrogen-bond acceptors (Lipinski definition) is 4. The molecule has 0 spiro atoms. The van der Waals surface area contributed by atoms with Crippen LogP contribution in [0.5, 0.6) is 0 Å². The van der Waals surface area contributed by atoms with E-state index in [2.05, 4.69) is 28.5 Å². The highest BCUT2D eigenvalue weighted by Crippen LogP contribution is 2.28. The second-order valence-electron chi connectivity index (χ2n) is 5.86. The first-order chi connectivity index (χ1) is 13.2. The Morgan fingerprint density at radius 2 is 1.81 bits per heavy atom. The highest BCUT2D eigenvalue weighted by Gasteiger charge is 2.10. The van der Waals surface area contributed by atoms with E-state index in [4.69, 9.17) is 0 Å². The van der Waals surface area contributed by atoms with E-state index in [9.17, 15) is 9.18 Å². The Bertz CT molecular complexity index is 1090. The van der Waals surface area contributed by atoms with Crippen LogP contribution in [0.1, 0.15) is 0 Å². The number of thiazole rings is 1.